The molecule has 0 amide bonds. The molecule has 1 atom stereocenters. The van der Waals surface area contributed by atoms with E-state index in [9.17, 15) is 14.4 Å². The number of unbranched alkanes of at least 4 members (excludes halogenated alkanes) is 43. The summed E-state index contributed by atoms with van der Waals surface area (Å²) in [6.45, 7) is 6.65. The van der Waals surface area contributed by atoms with Gasteiger partial charge in [0.2, 0.25) is 0 Å². The molecular formula is C70H128O6. The molecule has 0 fully saturated rings. The molecule has 0 spiro atoms. The summed E-state index contributed by atoms with van der Waals surface area (Å²) in [7, 11) is 0. The van der Waals surface area contributed by atoms with Crippen LogP contribution in [0.2, 0.25) is 0 Å². The lowest BCUT2D eigenvalue weighted by atomic mass is 10.0. The molecule has 6 nitrogen and oxygen atoms in total. The summed E-state index contributed by atoms with van der Waals surface area (Å²) in [6, 6.07) is 0. The number of esters is 3. The van der Waals surface area contributed by atoms with E-state index in [4.69, 9.17) is 14.2 Å². The van der Waals surface area contributed by atoms with Gasteiger partial charge in [-0.15, -0.1) is 0 Å². The topological polar surface area (TPSA) is 78.9 Å². The lowest BCUT2D eigenvalue weighted by Gasteiger charge is -2.18. The van der Waals surface area contributed by atoms with Crippen molar-refractivity contribution < 1.29 is 28.6 Å². The van der Waals surface area contributed by atoms with Gasteiger partial charge < -0.3 is 14.2 Å². The zero-order chi connectivity index (χ0) is 55.0. The summed E-state index contributed by atoms with van der Waals surface area (Å²) in [4.78, 5) is 38.3. The maximum absolute atomic E-state index is 12.9. The van der Waals surface area contributed by atoms with Crippen LogP contribution in [0.15, 0.2) is 48.6 Å². The highest BCUT2D eigenvalue weighted by molar-refractivity contribution is 5.71. The Kier molecular flexibility index (Phi) is 62.6. The summed E-state index contributed by atoms with van der Waals surface area (Å²) in [5.41, 5.74) is 0. The standard InChI is InChI=1S/C70H128O6/c1-4-7-10-13-16-19-22-25-28-30-31-32-33-34-35-36-37-38-39-40-43-45-48-51-54-57-60-63-69(72)75-66-67(65-74-68(71)62-59-56-53-50-47-44-41-27-24-21-18-15-12-9-6-3)76-70(73)64-61-58-55-52-49-46-42-29-26-23-20-17-14-11-8-5-2/h18,21-22,25,27,30-31,41,67H,4-17,19-20,23-24,26,28-29,32-40,42-66H2,1-3H3/b21-18-,25-22-,31-30-,41-27-. The minimum atomic E-state index is -0.777. The van der Waals surface area contributed by atoms with Crippen molar-refractivity contribution in [3.63, 3.8) is 0 Å². The Morgan fingerprint density at radius 2 is 0.474 bits per heavy atom. The summed E-state index contributed by atoms with van der Waals surface area (Å²) < 4.78 is 17.0. The predicted octanol–water partition coefficient (Wildman–Crippen LogP) is 22.9. The van der Waals surface area contributed by atoms with Crippen molar-refractivity contribution in [2.24, 2.45) is 0 Å². The third-order valence-corrected chi connectivity index (χ3v) is 15.1. The van der Waals surface area contributed by atoms with E-state index in [-0.39, 0.29) is 31.1 Å². The first kappa shape index (κ1) is 73.4. The molecule has 0 rings (SSSR count). The van der Waals surface area contributed by atoms with Crippen LogP contribution in [0.3, 0.4) is 0 Å². The van der Waals surface area contributed by atoms with E-state index in [1.54, 1.807) is 0 Å². The SMILES string of the molecule is CCCCC/C=C\C/C=C\CCCCCCCC(=O)OCC(COC(=O)CCCCCCCCCCCCCCCCC/C=C\C/C=C\CCCCCCC)OC(=O)CCCCCCCCCCCCCCCCCC. The number of allylic oxidation sites excluding steroid dienone is 8. The molecule has 0 aromatic heterocycles. The third-order valence-electron chi connectivity index (χ3n) is 15.1. The average Bonchev–Trinajstić information content (AvgIpc) is 3.42. The Morgan fingerprint density at radius 3 is 0.750 bits per heavy atom. The lowest BCUT2D eigenvalue weighted by Crippen LogP contribution is -2.30. The summed E-state index contributed by atoms with van der Waals surface area (Å²) in [5.74, 6) is -0.864. The highest BCUT2D eigenvalue weighted by Gasteiger charge is 2.19. The van der Waals surface area contributed by atoms with Crippen LogP contribution in [0.25, 0.3) is 0 Å². The highest BCUT2D eigenvalue weighted by Crippen LogP contribution is 2.18. The third kappa shape index (κ3) is 62.2. The van der Waals surface area contributed by atoms with Gasteiger partial charge in [-0.3, -0.25) is 14.4 Å². The van der Waals surface area contributed by atoms with Crippen molar-refractivity contribution in [1.82, 2.24) is 0 Å². The summed E-state index contributed by atoms with van der Waals surface area (Å²) >= 11 is 0. The first-order chi connectivity index (χ1) is 37.5. The normalized spacial score (nSPS) is 12.3. The van der Waals surface area contributed by atoms with Crippen LogP contribution in [0, 0.1) is 0 Å². The zero-order valence-electron chi connectivity index (χ0n) is 51.0. The van der Waals surface area contributed by atoms with E-state index >= 15 is 0 Å². The van der Waals surface area contributed by atoms with Gasteiger partial charge in [0.15, 0.2) is 6.10 Å². The van der Waals surface area contributed by atoms with Crippen molar-refractivity contribution in [1.29, 1.82) is 0 Å². The van der Waals surface area contributed by atoms with Crippen molar-refractivity contribution in [2.45, 2.75) is 367 Å². The molecule has 0 radical (unpaired) electrons. The van der Waals surface area contributed by atoms with Crippen LogP contribution in [0.1, 0.15) is 361 Å². The van der Waals surface area contributed by atoms with Crippen LogP contribution in [0.4, 0.5) is 0 Å². The lowest BCUT2D eigenvalue weighted by molar-refractivity contribution is -0.167. The maximum atomic E-state index is 12.9. The molecule has 0 saturated heterocycles. The van der Waals surface area contributed by atoms with E-state index < -0.39 is 6.10 Å². The number of hydrogen-bond acceptors (Lipinski definition) is 6. The number of carbonyl (C=O) groups excluding carboxylic acids is 3. The average molecular weight is 1070 g/mol. The molecule has 0 bridgehead atoms. The molecule has 76 heavy (non-hydrogen) atoms. The Morgan fingerprint density at radius 1 is 0.263 bits per heavy atom. The van der Waals surface area contributed by atoms with Crippen molar-refractivity contribution in [3.05, 3.63) is 48.6 Å². The van der Waals surface area contributed by atoms with Gasteiger partial charge in [-0.05, 0) is 83.5 Å². The fourth-order valence-electron chi connectivity index (χ4n) is 9.98. The molecule has 1 unspecified atom stereocenters. The molecule has 0 aromatic rings. The Labute approximate surface area is 473 Å². The summed E-state index contributed by atoms with van der Waals surface area (Å²) in [6.07, 6.45) is 81.3. The van der Waals surface area contributed by atoms with Gasteiger partial charge in [-0.25, -0.2) is 0 Å². The molecule has 444 valence electrons. The van der Waals surface area contributed by atoms with E-state index in [1.165, 1.54) is 238 Å². The molecule has 0 saturated carbocycles. The molecule has 0 aliphatic rings. The van der Waals surface area contributed by atoms with E-state index in [0.717, 1.165) is 83.5 Å². The van der Waals surface area contributed by atoms with Gasteiger partial charge in [0.05, 0.1) is 0 Å². The number of ether oxygens (including phenoxy) is 3. The van der Waals surface area contributed by atoms with Crippen LogP contribution in [-0.2, 0) is 28.6 Å². The van der Waals surface area contributed by atoms with E-state index in [2.05, 4.69) is 69.4 Å². The second kappa shape index (κ2) is 64.9. The van der Waals surface area contributed by atoms with Crippen molar-refractivity contribution in [3.8, 4) is 0 Å². The van der Waals surface area contributed by atoms with Crippen molar-refractivity contribution in [2.75, 3.05) is 13.2 Å². The largest absolute Gasteiger partial charge is 0.462 e. The Bertz CT molecular complexity index is 1310. The molecule has 0 aliphatic carbocycles. The number of hydrogen-bond donors (Lipinski definition) is 0. The molecule has 0 N–H and O–H groups in total. The van der Waals surface area contributed by atoms with Gasteiger partial charge in [0.25, 0.3) is 0 Å². The monoisotopic (exact) mass is 1060 g/mol. The second-order valence-electron chi connectivity index (χ2n) is 22.7. The zero-order valence-corrected chi connectivity index (χ0v) is 51.0. The van der Waals surface area contributed by atoms with Crippen molar-refractivity contribution >= 4 is 17.9 Å². The fourth-order valence-corrected chi connectivity index (χ4v) is 9.98. The van der Waals surface area contributed by atoms with E-state index in [1.807, 2.05) is 0 Å². The molecule has 0 aliphatic heterocycles. The van der Waals surface area contributed by atoms with Gasteiger partial charge in [0, 0.05) is 19.3 Å². The quantitative estimate of drug-likeness (QED) is 0.0261. The minimum Gasteiger partial charge on any atom is -0.462 e. The Hall–Kier alpha value is -2.63. The first-order valence-electron chi connectivity index (χ1n) is 33.6. The van der Waals surface area contributed by atoms with Crippen LogP contribution < -0.4 is 0 Å². The molecule has 0 aromatic carbocycles. The highest BCUT2D eigenvalue weighted by atomic mass is 16.6. The smallest absolute Gasteiger partial charge is 0.306 e. The number of rotatable bonds is 62. The van der Waals surface area contributed by atoms with Crippen LogP contribution in [-0.4, -0.2) is 37.2 Å². The molecular weight excluding hydrogens is 937 g/mol. The molecule has 0 heterocycles. The predicted molar refractivity (Wildman–Crippen MR) is 330 cm³/mol. The van der Waals surface area contributed by atoms with Crippen LogP contribution in [0.5, 0.6) is 0 Å². The second-order valence-corrected chi connectivity index (χ2v) is 22.7. The van der Waals surface area contributed by atoms with E-state index in [0.29, 0.717) is 19.3 Å². The Balaban J connectivity index is 4.24. The minimum absolute atomic E-state index is 0.0733. The fraction of sp³-hybridized carbons (Fsp3) is 0.843. The van der Waals surface area contributed by atoms with Gasteiger partial charge >= 0.3 is 17.9 Å². The first-order valence-corrected chi connectivity index (χ1v) is 33.6. The number of carbonyl (C=O) groups is 3. The molecule has 6 heteroatoms. The van der Waals surface area contributed by atoms with Gasteiger partial charge in [-0.1, -0.05) is 307 Å². The summed E-state index contributed by atoms with van der Waals surface area (Å²) in [5, 5.41) is 0. The van der Waals surface area contributed by atoms with Gasteiger partial charge in [-0.2, -0.15) is 0 Å². The maximum Gasteiger partial charge on any atom is 0.306 e. The van der Waals surface area contributed by atoms with Gasteiger partial charge in [0.1, 0.15) is 13.2 Å². The van der Waals surface area contributed by atoms with Crippen LogP contribution >= 0.6 is 0 Å².